The fraction of sp³-hybridized carbons (Fsp3) is 0.417. The first-order valence-corrected chi connectivity index (χ1v) is 6.33. The summed E-state index contributed by atoms with van der Waals surface area (Å²) in [7, 11) is 0. The minimum atomic E-state index is 0.261. The molecule has 0 spiro atoms. The van der Waals surface area contributed by atoms with Gasteiger partial charge in [0.05, 0.1) is 5.69 Å². The number of aromatic nitrogens is 2. The summed E-state index contributed by atoms with van der Waals surface area (Å²) in [4.78, 5) is 9.00. The Morgan fingerprint density at radius 3 is 3.00 bits per heavy atom. The van der Waals surface area contributed by atoms with Crippen LogP contribution in [0.4, 0.5) is 0 Å². The molecule has 2 heterocycles. The second-order valence-corrected chi connectivity index (χ2v) is 5.23. The van der Waals surface area contributed by atoms with Crippen molar-refractivity contribution in [3.63, 3.8) is 0 Å². The largest absolute Gasteiger partial charge is 0.367 e. The first kappa shape index (κ1) is 11.4. The summed E-state index contributed by atoms with van der Waals surface area (Å²) >= 11 is 1.77. The van der Waals surface area contributed by atoms with Crippen molar-refractivity contribution in [2.75, 3.05) is 0 Å². The third-order valence-corrected chi connectivity index (χ3v) is 3.83. The SMILES string of the molecule is Cc1nc(-c2cc[nH]c2)sc1CCC(C)N. The normalized spacial score (nSPS) is 12.9. The number of H-pyrrole nitrogens is 1. The van der Waals surface area contributed by atoms with Crippen molar-refractivity contribution < 1.29 is 0 Å². The smallest absolute Gasteiger partial charge is 0.125 e. The first-order chi connectivity index (χ1) is 7.66. The van der Waals surface area contributed by atoms with E-state index in [0.29, 0.717) is 0 Å². The topological polar surface area (TPSA) is 54.7 Å². The number of nitrogens with two attached hydrogens (primary N) is 1. The molecule has 16 heavy (non-hydrogen) atoms. The number of aromatic amines is 1. The van der Waals surface area contributed by atoms with Gasteiger partial charge in [-0.25, -0.2) is 4.98 Å². The predicted octanol–water partition coefficient (Wildman–Crippen LogP) is 2.73. The number of rotatable bonds is 4. The summed E-state index contributed by atoms with van der Waals surface area (Å²) in [5.74, 6) is 0. The van der Waals surface area contributed by atoms with Gasteiger partial charge in [0.15, 0.2) is 0 Å². The van der Waals surface area contributed by atoms with E-state index in [-0.39, 0.29) is 6.04 Å². The van der Waals surface area contributed by atoms with Crippen LogP contribution in [0.1, 0.15) is 23.9 Å². The molecular weight excluding hydrogens is 218 g/mol. The molecule has 0 amide bonds. The van der Waals surface area contributed by atoms with E-state index in [1.807, 2.05) is 25.4 Å². The van der Waals surface area contributed by atoms with Gasteiger partial charge in [0, 0.05) is 28.9 Å². The maximum atomic E-state index is 5.77. The van der Waals surface area contributed by atoms with Crippen molar-refractivity contribution in [1.82, 2.24) is 9.97 Å². The molecule has 0 bridgehead atoms. The maximum absolute atomic E-state index is 5.77. The van der Waals surface area contributed by atoms with Crippen molar-refractivity contribution >= 4 is 11.3 Å². The van der Waals surface area contributed by atoms with Gasteiger partial charge in [0.25, 0.3) is 0 Å². The molecule has 0 aromatic carbocycles. The van der Waals surface area contributed by atoms with Crippen molar-refractivity contribution in [3.05, 3.63) is 29.0 Å². The van der Waals surface area contributed by atoms with E-state index in [2.05, 4.69) is 16.9 Å². The summed E-state index contributed by atoms with van der Waals surface area (Å²) in [6.45, 7) is 4.12. The quantitative estimate of drug-likeness (QED) is 0.856. The number of thiazole rings is 1. The highest BCUT2D eigenvalue weighted by molar-refractivity contribution is 7.15. The Bertz CT molecular complexity index is 443. The van der Waals surface area contributed by atoms with Crippen LogP contribution >= 0.6 is 11.3 Å². The third-order valence-electron chi connectivity index (χ3n) is 2.56. The van der Waals surface area contributed by atoms with Crippen molar-refractivity contribution in [2.24, 2.45) is 5.73 Å². The Morgan fingerprint density at radius 1 is 1.56 bits per heavy atom. The van der Waals surface area contributed by atoms with E-state index >= 15 is 0 Å². The fourth-order valence-corrected chi connectivity index (χ4v) is 2.67. The molecule has 0 fully saturated rings. The van der Waals surface area contributed by atoms with Gasteiger partial charge in [0.1, 0.15) is 5.01 Å². The van der Waals surface area contributed by atoms with Gasteiger partial charge in [-0.1, -0.05) is 0 Å². The highest BCUT2D eigenvalue weighted by Crippen LogP contribution is 2.28. The van der Waals surface area contributed by atoms with Crippen LogP contribution in [0.25, 0.3) is 10.6 Å². The Kier molecular flexibility index (Phi) is 3.41. The molecule has 3 N–H and O–H groups in total. The van der Waals surface area contributed by atoms with Crippen LogP contribution in [0.15, 0.2) is 18.5 Å². The minimum absolute atomic E-state index is 0.261. The van der Waals surface area contributed by atoms with Crippen LogP contribution in [0.3, 0.4) is 0 Å². The van der Waals surface area contributed by atoms with E-state index in [0.717, 1.165) is 23.5 Å². The molecule has 2 rings (SSSR count). The lowest BCUT2D eigenvalue weighted by Crippen LogP contribution is -2.15. The molecular formula is C12H17N3S. The zero-order chi connectivity index (χ0) is 11.5. The molecule has 0 saturated carbocycles. The Balaban J connectivity index is 2.16. The standard InChI is InChI=1S/C12H17N3S/c1-8(13)3-4-11-9(2)15-12(16-11)10-5-6-14-7-10/h5-8,14H,3-4,13H2,1-2H3. The summed E-state index contributed by atoms with van der Waals surface area (Å²) in [5, 5.41) is 1.10. The van der Waals surface area contributed by atoms with E-state index < -0.39 is 0 Å². The van der Waals surface area contributed by atoms with E-state index in [9.17, 15) is 0 Å². The second-order valence-electron chi connectivity index (χ2n) is 4.14. The lowest BCUT2D eigenvalue weighted by molar-refractivity contribution is 0.668. The molecule has 0 aliphatic carbocycles. The van der Waals surface area contributed by atoms with Gasteiger partial charge in [-0.05, 0) is 32.8 Å². The summed E-state index contributed by atoms with van der Waals surface area (Å²) in [6.07, 6.45) is 5.96. The van der Waals surface area contributed by atoms with Crippen LogP contribution < -0.4 is 5.73 Å². The van der Waals surface area contributed by atoms with Crippen molar-refractivity contribution in [3.8, 4) is 10.6 Å². The molecule has 1 unspecified atom stereocenters. The van der Waals surface area contributed by atoms with Gasteiger partial charge >= 0.3 is 0 Å². The van der Waals surface area contributed by atoms with Gasteiger partial charge in [-0.15, -0.1) is 11.3 Å². The monoisotopic (exact) mass is 235 g/mol. The molecule has 0 saturated heterocycles. The number of hydrogen-bond acceptors (Lipinski definition) is 3. The molecule has 2 aromatic heterocycles. The van der Waals surface area contributed by atoms with Crippen LogP contribution in [0, 0.1) is 6.92 Å². The van der Waals surface area contributed by atoms with E-state index in [1.165, 1.54) is 10.4 Å². The third kappa shape index (κ3) is 2.51. The lowest BCUT2D eigenvalue weighted by Gasteiger charge is -2.02. The minimum Gasteiger partial charge on any atom is -0.367 e. The molecule has 0 aliphatic rings. The van der Waals surface area contributed by atoms with Crippen LogP contribution in [0.2, 0.25) is 0 Å². The highest BCUT2D eigenvalue weighted by atomic mass is 32.1. The zero-order valence-corrected chi connectivity index (χ0v) is 10.5. The van der Waals surface area contributed by atoms with Crippen molar-refractivity contribution in [1.29, 1.82) is 0 Å². The van der Waals surface area contributed by atoms with Crippen LogP contribution in [-0.2, 0) is 6.42 Å². The highest BCUT2D eigenvalue weighted by Gasteiger charge is 2.09. The number of nitrogens with zero attached hydrogens (tertiary/aromatic N) is 1. The number of aryl methyl sites for hydroxylation is 2. The van der Waals surface area contributed by atoms with Gasteiger partial charge in [-0.3, -0.25) is 0 Å². The van der Waals surface area contributed by atoms with Gasteiger partial charge < -0.3 is 10.7 Å². The number of hydrogen-bond donors (Lipinski definition) is 2. The molecule has 0 aliphatic heterocycles. The van der Waals surface area contributed by atoms with Gasteiger partial charge in [-0.2, -0.15) is 0 Å². The molecule has 1 atom stereocenters. The molecule has 0 radical (unpaired) electrons. The first-order valence-electron chi connectivity index (χ1n) is 5.52. The van der Waals surface area contributed by atoms with E-state index in [4.69, 9.17) is 5.73 Å². The average Bonchev–Trinajstić information content (AvgIpc) is 2.83. The lowest BCUT2D eigenvalue weighted by atomic mass is 10.1. The Labute approximate surface area is 99.7 Å². The molecule has 4 heteroatoms. The van der Waals surface area contributed by atoms with E-state index in [1.54, 1.807) is 11.3 Å². The molecule has 2 aromatic rings. The second kappa shape index (κ2) is 4.80. The number of nitrogens with one attached hydrogen (secondary N) is 1. The van der Waals surface area contributed by atoms with Crippen molar-refractivity contribution in [2.45, 2.75) is 32.7 Å². The average molecular weight is 235 g/mol. The predicted molar refractivity (Wildman–Crippen MR) is 68.6 cm³/mol. The Hall–Kier alpha value is -1.13. The molecule has 86 valence electrons. The summed E-state index contributed by atoms with van der Waals surface area (Å²) < 4.78 is 0. The molecule has 3 nitrogen and oxygen atoms in total. The maximum Gasteiger partial charge on any atom is 0.125 e. The van der Waals surface area contributed by atoms with Crippen LogP contribution in [-0.4, -0.2) is 16.0 Å². The van der Waals surface area contributed by atoms with Gasteiger partial charge in [0.2, 0.25) is 0 Å². The zero-order valence-electron chi connectivity index (χ0n) is 9.66. The Morgan fingerprint density at radius 2 is 2.38 bits per heavy atom. The fourth-order valence-electron chi connectivity index (χ4n) is 1.60. The van der Waals surface area contributed by atoms with Crippen LogP contribution in [0.5, 0.6) is 0 Å². The summed E-state index contributed by atoms with van der Waals surface area (Å²) in [5.41, 5.74) is 8.08. The summed E-state index contributed by atoms with van der Waals surface area (Å²) in [6, 6.07) is 2.31.